The molecule has 4 rings (SSSR count). The van der Waals surface area contributed by atoms with E-state index in [4.69, 9.17) is 9.16 Å². The first-order valence-electron chi connectivity index (χ1n) is 13.8. The number of aryl methyl sites for hydroxylation is 2. The SMILES string of the molecule is COC(=O)C=Cc1ccc2c(c1)CCC2N(CCO[Si](C)(C)C(C)(C)C)CCc1c[nH]c2cc(C)ccc12. The fourth-order valence-electron chi connectivity index (χ4n) is 5.16. The van der Waals surface area contributed by atoms with Gasteiger partial charge in [-0.2, -0.15) is 0 Å². The van der Waals surface area contributed by atoms with E-state index in [1.807, 2.05) is 6.08 Å². The Morgan fingerprint density at radius 3 is 2.68 bits per heavy atom. The van der Waals surface area contributed by atoms with Gasteiger partial charge in [-0.15, -0.1) is 0 Å². The highest BCUT2D eigenvalue weighted by Crippen LogP contribution is 2.38. The quantitative estimate of drug-likeness (QED) is 0.170. The summed E-state index contributed by atoms with van der Waals surface area (Å²) in [5.41, 5.74) is 7.68. The van der Waals surface area contributed by atoms with E-state index in [1.54, 1.807) is 0 Å². The Balaban J connectivity index is 1.53. The molecule has 0 radical (unpaired) electrons. The van der Waals surface area contributed by atoms with Crippen molar-refractivity contribution < 1.29 is 14.0 Å². The van der Waals surface area contributed by atoms with E-state index >= 15 is 0 Å². The maximum atomic E-state index is 11.5. The average Bonchev–Trinajstić information content (AvgIpc) is 3.47. The van der Waals surface area contributed by atoms with Gasteiger partial charge in [-0.1, -0.05) is 51.1 Å². The van der Waals surface area contributed by atoms with Gasteiger partial charge < -0.3 is 14.1 Å². The van der Waals surface area contributed by atoms with Crippen molar-refractivity contribution in [3.05, 3.63) is 76.5 Å². The van der Waals surface area contributed by atoms with Crippen LogP contribution in [-0.4, -0.2) is 51.0 Å². The summed E-state index contributed by atoms with van der Waals surface area (Å²) in [4.78, 5) is 17.6. The van der Waals surface area contributed by atoms with E-state index in [0.29, 0.717) is 6.04 Å². The summed E-state index contributed by atoms with van der Waals surface area (Å²) in [6.45, 7) is 16.4. The van der Waals surface area contributed by atoms with Crippen LogP contribution < -0.4 is 0 Å². The van der Waals surface area contributed by atoms with Gasteiger partial charge in [0.15, 0.2) is 8.32 Å². The minimum atomic E-state index is -1.81. The normalized spacial score (nSPS) is 16.1. The minimum absolute atomic E-state index is 0.202. The van der Waals surface area contributed by atoms with E-state index in [1.165, 1.54) is 46.3 Å². The van der Waals surface area contributed by atoms with Crippen LogP contribution in [0.1, 0.15) is 61.1 Å². The van der Waals surface area contributed by atoms with Crippen molar-refractivity contribution in [3.8, 4) is 0 Å². The lowest BCUT2D eigenvalue weighted by Crippen LogP contribution is -2.43. The van der Waals surface area contributed by atoms with E-state index in [0.717, 1.165) is 44.5 Å². The molecule has 1 aliphatic rings. The summed E-state index contributed by atoms with van der Waals surface area (Å²) in [6, 6.07) is 13.6. The third-order valence-electron chi connectivity index (χ3n) is 8.51. The number of rotatable bonds is 10. The Morgan fingerprint density at radius 2 is 1.95 bits per heavy atom. The zero-order chi connectivity index (χ0) is 27.5. The third kappa shape index (κ3) is 6.48. The Hall–Kier alpha value is -2.67. The summed E-state index contributed by atoms with van der Waals surface area (Å²) < 4.78 is 11.4. The number of carbonyl (C=O) groups is 1. The number of esters is 1. The average molecular weight is 533 g/mol. The Kier molecular flexibility index (Phi) is 8.65. The van der Waals surface area contributed by atoms with Crippen molar-refractivity contribution in [3.63, 3.8) is 0 Å². The molecule has 1 heterocycles. The van der Waals surface area contributed by atoms with Crippen LogP contribution >= 0.6 is 0 Å². The van der Waals surface area contributed by atoms with Crippen molar-refractivity contribution in [1.82, 2.24) is 9.88 Å². The highest BCUT2D eigenvalue weighted by molar-refractivity contribution is 6.74. The number of nitrogens with zero attached hydrogens (tertiary/aromatic N) is 1. The molecule has 0 saturated heterocycles. The van der Waals surface area contributed by atoms with Crippen LogP contribution in [0.4, 0.5) is 0 Å². The first-order chi connectivity index (χ1) is 18.0. The van der Waals surface area contributed by atoms with Gasteiger partial charge in [0, 0.05) is 48.9 Å². The molecular formula is C32H44N2O3Si. The van der Waals surface area contributed by atoms with Gasteiger partial charge in [0.1, 0.15) is 0 Å². The van der Waals surface area contributed by atoms with Crippen molar-refractivity contribution >= 4 is 31.3 Å². The van der Waals surface area contributed by atoms with Crippen LogP contribution in [0.25, 0.3) is 17.0 Å². The van der Waals surface area contributed by atoms with Crippen LogP contribution in [0.5, 0.6) is 0 Å². The number of methoxy groups -OCH3 is 1. The lowest BCUT2D eigenvalue weighted by Gasteiger charge is -2.37. The number of hydrogen-bond donors (Lipinski definition) is 1. The predicted molar refractivity (Wildman–Crippen MR) is 160 cm³/mol. The third-order valence-corrected chi connectivity index (χ3v) is 13.0. The summed E-state index contributed by atoms with van der Waals surface area (Å²) in [5.74, 6) is -0.330. The van der Waals surface area contributed by atoms with Gasteiger partial charge in [-0.3, -0.25) is 4.90 Å². The number of aromatic amines is 1. The monoisotopic (exact) mass is 532 g/mol. The molecule has 1 atom stereocenters. The molecule has 0 fully saturated rings. The second-order valence-electron chi connectivity index (χ2n) is 12.1. The number of carbonyl (C=O) groups excluding carboxylic acids is 1. The Labute approximate surface area is 229 Å². The Bertz CT molecular complexity index is 1300. The number of aromatic nitrogens is 1. The van der Waals surface area contributed by atoms with Crippen LogP contribution in [-0.2, 0) is 26.8 Å². The molecule has 0 aliphatic heterocycles. The molecule has 3 aromatic rings. The fraction of sp³-hybridized carbons (Fsp3) is 0.469. The second-order valence-corrected chi connectivity index (χ2v) is 16.9. The molecule has 0 amide bonds. The number of hydrogen-bond acceptors (Lipinski definition) is 4. The van der Waals surface area contributed by atoms with Crippen LogP contribution in [0.2, 0.25) is 18.1 Å². The molecule has 2 aromatic carbocycles. The van der Waals surface area contributed by atoms with Crippen molar-refractivity contribution in [2.75, 3.05) is 26.8 Å². The van der Waals surface area contributed by atoms with Gasteiger partial charge in [-0.25, -0.2) is 4.79 Å². The van der Waals surface area contributed by atoms with Crippen molar-refractivity contribution in [2.24, 2.45) is 0 Å². The molecule has 0 spiro atoms. The molecule has 1 N–H and O–H groups in total. The first kappa shape index (κ1) is 28.3. The number of H-pyrrole nitrogens is 1. The highest BCUT2D eigenvalue weighted by atomic mass is 28.4. The molecule has 0 bridgehead atoms. The van der Waals surface area contributed by atoms with Gasteiger partial charge in [0.2, 0.25) is 0 Å². The number of nitrogens with one attached hydrogen (secondary N) is 1. The first-order valence-corrected chi connectivity index (χ1v) is 16.7. The van der Waals surface area contributed by atoms with Gasteiger partial charge >= 0.3 is 5.97 Å². The fourth-order valence-corrected chi connectivity index (χ4v) is 6.19. The summed E-state index contributed by atoms with van der Waals surface area (Å²) >= 11 is 0. The van der Waals surface area contributed by atoms with Gasteiger partial charge in [0.05, 0.1) is 7.11 Å². The van der Waals surface area contributed by atoms with Crippen molar-refractivity contribution in [1.29, 1.82) is 0 Å². The molecular weight excluding hydrogens is 488 g/mol. The molecule has 6 heteroatoms. The van der Waals surface area contributed by atoms with Crippen molar-refractivity contribution in [2.45, 2.75) is 71.1 Å². The van der Waals surface area contributed by atoms with E-state index in [9.17, 15) is 4.79 Å². The molecule has 1 unspecified atom stereocenters. The van der Waals surface area contributed by atoms with Crippen LogP contribution in [0.15, 0.2) is 48.7 Å². The van der Waals surface area contributed by atoms with E-state index < -0.39 is 8.32 Å². The van der Waals surface area contributed by atoms with Gasteiger partial charge in [0.25, 0.3) is 0 Å². The van der Waals surface area contributed by atoms with Crippen LogP contribution in [0.3, 0.4) is 0 Å². The molecule has 204 valence electrons. The zero-order valence-corrected chi connectivity index (χ0v) is 25.2. The number of fused-ring (bicyclic) bond motifs is 2. The molecule has 38 heavy (non-hydrogen) atoms. The molecule has 0 saturated carbocycles. The maximum absolute atomic E-state index is 11.5. The summed E-state index contributed by atoms with van der Waals surface area (Å²) in [5, 5.41) is 1.52. The molecule has 5 nitrogen and oxygen atoms in total. The largest absolute Gasteiger partial charge is 0.466 e. The standard InChI is InChI=1S/C32H44N2O3Si/c1-23-8-12-27-26(22-33-29(27)20-23)16-17-34(18-19-37-38(6,7)32(2,3)4)30-14-11-25-21-24(9-13-28(25)30)10-15-31(35)36-5/h8-10,12-13,15,20-22,30,33H,11,14,16-19H2,1-7H3. The predicted octanol–water partition coefficient (Wildman–Crippen LogP) is 7.22. The number of ether oxygens (including phenoxy) is 1. The summed E-state index contributed by atoms with van der Waals surface area (Å²) in [7, 11) is -0.403. The van der Waals surface area contributed by atoms with E-state index in [2.05, 4.69) is 93.3 Å². The summed E-state index contributed by atoms with van der Waals surface area (Å²) in [6.07, 6.45) is 8.65. The lowest BCUT2D eigenvalue weighted by molar-refractivity contribution is -0.134. The smallest absolute Gasteiger partial charge is 0.330 e. The van der Waals surface area contributed by atoms with Crippen LogP contribution in [0, 0.1) is 6.92 Å². The van der Waals surface area contributed by atoms with E-state index in [-0.39, 0.29) is 11.0 Å². The minimum Gasteiger partial charge on any atom is -0.466 e. The van der Waals surface area contributed by atoms with Gasteiger partial charge in [-0.05, 0) is 84.3 Å². The Morgan fingerprint density at radius 1 is 1.16 bits per heavy atom. The topological polar surface area (TPSA) is 54.6 Å². The molecule has 1 aromatic heterocycles. The lowest BCUT2D eigenvalue weighted by atomic mass is 10.0. The maximum Gasteiger partial charge on any atom is 0.330 e. The highest BCUT2D eigenvalue weighted by Gasteiger charge is 2.37. The number of benzene rings is 2. The zero-order valence-electron chi connectivity index (χ0n) is 24.2. The molecule has 1 aliphatic carbocycles. The second kappa shape index (κ2) is 11.6.